The summed E-state index contributed by atoms with van der Waals surface area (Å²) in [5.74, 6) is 0.790. The van der Waals surface area contributed by atoms with E-state index in [4.69, 9.17) is 10.2 Å². The maximum atomic E-state index is 12.5. The Bertz CT molecular complexity index is 732. The second-order valence-electron chi connectivity index (χ2n) is 6.08. The molecule has 0 aromatic carbocycles. The van der Waals surface area contributed by atoms with Gasteiger partial charge in [-0.1, -0.05) is 0 Å². The van der Waals surface area contributed by atoms with Gasteiger partial charge in [0.05, 0.1) is 12.0 Å². The van der Waals surface area contributed by atoms with Crippen LogP contribution in [-0.2, 0) is 0 Å². The van der Waals surface area contributed by atoms with Gasteiger partial charge in [0, 0.05) is 19.1 Å². The number of piperidine rings is 1. The van der Waals surface area contributed by atoms with E-state index in [-0.39, 0.29) is 29.9 Å². The highest BCUT2D eigenvalue weighted by atomic mass is 35.5. The van der Waals surface area contributed by atoms with E-state index in [9.17, 15) is 9.59 Å². The van der Waals surface area contributed by atoms with Gasteiger partial charge in [0.25, 0.3) is 11.5 Å². The Morgan fingerprint density at radius 2 is 2.04 bits per heavy atom. The van der Waals surface area contributed by atoms with Crippen molar-refractivity contribution in [1.82, 2.24) is 9.88 Å². The van der Waals surface area contributed by atoms with Crippen molar-refractivity contribution in [3.63, 3.8) is 0 Å². The fourth-order valence-electron chi connectivity index (χ4n) is 3.02. The molecule has 0 saturated carbocycles. The summed E-state index contributed by atoms with van der Waals surface area (Å²) in [6.45, 7) is 3.29. The van der Waals surface area contributed by atoms with Gasteiger partial charge in [0.2, 0.25) is 0 Å². The Morgan fingerprint density at radius 1 is 1.33 bits per heavy atom. The first-order chi connectivity index (χ1) is 11.1. The van der Waals surface area contributed by atoms with Crippen molar-refractivity contribution in [3.05, 3.63) is 46.4 Å². The number of H-pyrrole nitrogens is 1. The number of nitrogens with zero attached hydrogens (tertiary/aromatic N) is 1. The lowest BCUT2D eigenvalue weighted by Crippen LogP contribution is -2.43. The molecule has 2 aromatic heterocycles. The van der Waals surface area contributed by atoms with Gasteiger partial charge in [-0.15, -0.1) is 12.4 Å². The Morgan fingerprint density at radius 3 is 2.58 bits per heavy atom. The van der Waals surface area contributed by atoms with Gasteiger partial charge in [-0.3, -0.25) is 9.59 Å². The summed E-state index contributed by atoms with van der Waals surface area (Å²) < 4.78 is 5.25. The van der Waals surface area contributed by atoms with Gasteiger partial charge in [-0.05, 0) is 49.9 Å². The zero-order chi connectivity index (χ0) is 16.4. The average Bonchev–Trinajstić information content (AvgIpc) is 3.08. The molecule has 3 heterocycles. The van der Waals surface area contributed by atoms with E-state index in [1.54, 1.807) is 29.2 Å². The fourth-order valence-corrected chi connectivity index (χ4v) is 3.02. The summed E-state index contributed by atoms with van der Waals surface area (Å²) in [5.41, 5.74) is 6.26. The summed E-state index contributed by atoms with van der Waals surface area (Å²) in [6, 6.07) is 6.91. The normalized spacial score (nSPS) is 16.5. The number of nitrogens with two attached hydrogens (primary N) is 1. The summed E-state index contributed by atoms with van der Waals surface area (Å²) in [7, 11) is 0. The number of nitrogens with one attached hydrogen (secondary N) is 1. The number of hydrogen-bond acceptors (Lipinski definition) is 4. The molecule has 0 aliphatic carbocycles. The molecule has 1 unspecified atom stereocenters. The van der Waals surface area contributed by atoms with E-state index in [0.29, 0.717) is 30.5 Å². The second-order valence-corrected chi connectivity index (χ2v) is 6.08. The number of hydrogen-bond donors (Lipinski definition) is 2. The number of carbonyl (C=O) groups is 1. The molecular weight excluding hydrogens is 330 g/mol. The molecule has 1 fully saturated rings. The number of carbonyl (C=O) groups excluding carboxylic acids is 1. The van der Waals surface area contributed by atoms with Gasteiger partial charge < -0.3 is 20.0 Å². The molecule has 3 rings (SSSR count). The van der Waals surface area contributed by atoms with Crippen LogP contribution in [0.2, 0.25) is 0 Å². The first-order valence-electron chi connectivity index (χ1n) is 7.88. The van der Waals surface area contributed by atoms with Crippen LogP contribution in [0.25, 0.3) is 11.5 Å². The van der Waals surface area contributed by atoms with Crippen molar-refractivity contribution in [2.75, 3.05) is 13.1 Å². The molecule has 0 bridgehead atoms. The number of likely N-dealkylation sites (tertiary alicyclic amines) is 1. The second kappa shape index (κ2) is 7.68. The van der Waals surface area contributed by atoms with Gasteiger partial charge in [0.1, 0.15) is 11.3 Å². The van der Waals surface area contributed by atoms with Gasteiger partial charge in [-0.2, -0.15) is 0 Å². The molecule has 2 aromatic rings. The number of aromatic amines is 1. The number of amides is 1. The summed E-state index contributed by atoms with van der Waals surface area (Å²) in [4.78, 5) is 29.2. The molecule has 1 aliphatic heterocycles. The Hall–Kier alpha value is -2.05. The third kappa shape index (κ3) is 3.71. The van der Waals surface area contributed by atoms with Gasteiger partial charge >= 0.3 is 0 Å². The Kier molecular flexibility index (Phi) is 5.85. The van der Waals surface area contributed by atoms with Gasteiger partial charge in [0.15, 0.2) is 0 Å². The number of rotatable bonds is 3. The first-order valence-corrected chi connectivity index (χ1v) is 7.88. The van der Waals surface area contributed by atoms with Gasteiger partial charge in [-0.25, -0.2) is 0 Å². The molecule has 24 heavy (non-hydrogen) atoms. The smallest absolute Gasteiger partial charge is 0.261 e. The quantitative estimate of drug-likeness (QED) is 0.887. The summed E-state index contributed by atoms with van der Waals surface area (Å²) in [5, 5.41) is 0. The van der Waals surface area contributed by atoms with Crippen LogP contribution in [0.15, 0.2) is 39.7 Å². The molecule has 1 aliphatic rings. The molecule has 6 nitrogen and oxygen atoms in total. The average molecular weight is 352 g/mol. The van der Waals surface area contributed by atoms with Crippen LogP contribution in [0.5, 0.6) is 0 Å². The van der Waals surface area contributed by atoms with Crippen molar-refractivity contribution >= 4 is 18.3 Å². The molecule has 0 spiro atoms. The van der Waals surface area contributed by atoms with Crippen molar-refractivity contribution in [1.29, 1.82) is 0 Å². The van der Waals surface area contributed by atoms with Crippen LogP contribution in [0.1, 0.15) is 30.1 Å². The molecule has 0 radical (unpaired) electrons. The molecule has 3 N–H and O–H groups in total. The topological polar surface area (TPSA) is 92.3 Å². The van der Waals surface area contributed by atoms with E-state index < -0.39 is 5.56 Å². The molecule has 130 valence electrons. The van der Waals surface area contributed by atoms with Crippen LogP contribution in [-0.4, -0.2) is 34.9 Å². The molecule has 1 amide bonds. The van der Waals surface area contributed by atoms with Crippen LogP contribution >= 0.6 is 12.4 Å². The zero-order valence-corrected chi connectivity index (χ0v) is 14.3. The standard InChI is InChI=1S/C17H21N3O3.ClH/c1-11(18)12-6-8-20(9-7-12)17(22)13-4-5-14(19-16(13)21)15-3-2-10-23-15;/h2-5,10-12H,6-9,18H2,1H3,(H,19,21);1H. The predicted molar refractivity (Wildman–Crippen MR) is 94.3 cm³/mol. The number of pyridine rings is 1. The zero-order valence-electron chi connectivity index (χ0n) is 13.5. The Labute approximate surface area is 146 Å². The van der Waals surface area contributed by atoms with Crippen molar-refractivity contribution in [2.45, 2.75) is 25.8 Å². The number of furan rings is 1. The lowest BCUT2D eigenvalue weighted by Gasteiger charge is -2.33. The summed E-state index contributed by atoms with van der Waals surface area (Å²) >= 11 is 0. The highest BCUT2D eigenvalue weighted by Crippen LogP contribution is 2.21. The first kappa shape index (κ1) is 18.3. The lowest BCUT2D eigenvalue weighted by molar-refractivity contribution is 0.0679. The highest BCUT2D eigenvalue weighted by molar-refractivity contribution is 5.94. The third-order valence-corrected chi connectivity index (χ3v) is 4.50. The minimum Gasteiger partial charge on any atom is -0.463 e. The van der Waals surface area contributed by atoms with Crippen LogP contribution in [0, 0.1) is 5.92 Å². The fraction of sp³-hybridized carbons (Fsp3) is 0.412. The van der Waals surface area contributed by atoms with E-state index in [1.165, 1.54) is 6.26 Å². The largest absolute Gasteiger partial charge is 0.463 e. The predicted octanol–water partition coefficient (Wildman–Crippen LogP) is 2.26. The van der Waals surface area contributed by atoms with E-state index in [2.05, 4.69) is 4.98 Å². The maximum Gasteiger partial charge on any atom is 0.261 e. The monoisotopic (exact) mass is 351 g/mol. The van der Waals surface area contributed by atoms with E-state index >= 15 is 0 Å². The van der Waals surface area contributed by atoms with Crippen LogP contribution < -0.4 is 11.3 Å². The third-order valence-electron chi connectivity index (χ3n) is 4.50. The van der Waals surface area contributed by atoms with Crippen molar-refractivity contribution in [2.24, 2.45) is 11.7 Å². The minimum absolute atomic E-state index is 0. The number of halogens is 1. The maximum absolute atomic E-state index is 12.5. The van der Waals surface area contributed by atoms with Crippen molar-refractivity contribution < 1.29 is 9.21 Å². The number of aromatic nitrogens is 1. The SMILES string of the molecule is CC(N)C1CCN(C(=O)c2ccc(-c3ccco3)[nH]c2=O)CC1.Cl. The van der Waals surface area contributed by atoms with Crippen LogP contribution in [0.3, 0.4) is 0 Å². The van der Waals surface area contributed by atoms with E-state index in [1.807, 2.05) is 6.92 Å². The summed E-state index contributed by atoms with van der Waals surface area (Å²) in [6.07, 6.45) is 3.30. The molecule has 1 saturated heterocycles. The van der Waals surface area contributed by atoms with E-state index in [0.717, 1.165) is 12.8 Å². The molecule has 1 atom stereocenters. The minimum atomic E-state index is -0.391. The molecule has 7 heteroatoms. The lowest BCUT2D eigenvalue weighted by atomic mass is 9.91. The Balaban J connectivity index is 0.00000208. The van der Waals surface area contributed by atoms with Crippen molar-refractivity contribution in [3.8, 4) is 11.5 Å². The highest BCUT2D eigenvalue weighted by Gasteiger charge is 2.26. The van der Waals surface area contributed by atoms with Crippen LogP contribution in [0.4, 0.5) is 0 Å². The molecular formula is C17H22ClN3O3.